The highest BCUT2D eigenvalue weighted by Crippen LogP contribution is 2.28. The third kappa shape index (κ3) is 5.69. The van der Waals surface area contributed by atoms with Gasteiger partial charge in [0.15, 0.2) is 0 Å². The molecule has 0 aliphatic heterocycles. The van der Waals surface area contributed by atoms with Crippen molar-refractivity contribution in [3.05, 3.63) is 88.7 Å². The second-order valence-electron chi connectivity index (χ2n) is 9.16. The lowest BCUT2D eigenvalue weighted by Crippen LogP contribution is -2.46. The standard InChI is InChI=1S/C27H28N4O5S/c1-18(2)19-8-10-20(11-9-19)21-12-14-22(15-13-21)31(37(3,35)36)25(27(33)34)16-17-30-26(32)23-6-4-5-7-24(23)28-29-30/h4-15,18,25H,16-17H2,1-3H3,(H,33,34). The van der Waals surface area contributed by atoms with E-state index in [1.165, 1.54) is 5.56 Å². The predicted octanol–water partition coefficient (Wildman–Crippen LogP) is 3.89. The summed E-state index contributed by atoms with van der Waals surface area (Å²) in [5, 5.41) is 18.2. The molecule has 1 heterocycles. The van der Waals surface area contributed by atoms with Crippen molar-refractivity contribution in [3.8, 4) is 11.1 Å². The summed E-state index contributed by atoms with van der Waals surface area (Å²) in [4.78, 5) is 25.0. The molecule has 0 radical (unpaired) electrons. The van der Waals surface area contributed by atoms with Gasteiger partial charge in [0.2, 0.25) is 10.0 Å². The third-order valence-electron chi connectivity index (χ3n) is 6.20. The van der Waals surface area contributed by atoms with Gasteiger partial charge < -0.3 is 5.11 Å². The van der Waals surface area contributed by atoms with Crippen LogP contribution in [-0.2, 0) is 21.4 Å². The zero-order valence-electron chi connectivity index (χ0n) is 20.8. The molecule has 3 aromatic carbocycles. The molecule has 9 nitrogen and oxygen atoms in total. The second kappa shape index (κ2) is 10.5. The average Bonchev–Trinajstić information content (AvgIpc) is 2.87. The van der Waals surface area contributed by atoms with Gasteiger partial charge in [-0.25, -0.2) is 17.9 Å². The Labute approximate surface area is 215 Å². The summed E-state index contributed by atoms with van der Waals surface area (Å²) < 4.78 is 27.4. The number of carboxylic acids is 1. The van der Waals surface area contributed by atoms with E-state index in [9.17, 15) is 23.1 Å². The maximum absolute atomic E-state index is 12.8. The average molecular weight is 521 g/mol. The van der Waals surface area contributed by atoms with E-state index in [1.54, 1.807) is 48.5 Å². The molecule has 0 saturated heterocycles. The summed E-state index contributed by atoms with van der Waals surface area (Å²) in [6.07, 6.45) is 0.775. The van der Waals surface area contributed by atoms with Crippen LogP contribution in [0.4, 0.5) is 5.69 Å². The first kappa shape index (κ1) is 26.0. The first-order valence-corrected chi connectivity index (χ1v) is 13.7. The van der Waals surface area contributed by atoms with E-state index < -0.39 is 27.6 Å². The van der Waals surface area contributed by atoms with Gasteiger partial charge in [-0.05, 0) is 53.3 Å². The minimum absolute atomic E-state index is 0.125. The van der Waals surface area contributed by atoms with Crippen molar-refractivity contribution in [3.63, 3.8) is 0 Å². The largest absolute Gasteiger partial charge is 0.480 e. The molecule has 1 unspecified atom stereocenters. The maximum atomic E-state index is 12.8. The van der Waals surface area contributed by atoms with Gasteiger partial charge in [0.05, 0.1) is 17.3 Å². The fourth-order valence-corrected chi connectivity index (χ4v) is 5.38. The van der Waals surface area contributed by atoms with Crippen molar-refractivity contribution in [1.29, 1.82) is 0 Å². The van der Waals surface area contributed by atoms with Gasteiger partial charge in [0.1, 0.15) is 11.6 Å². The van der Waals surface area contributed by atoms with E-state index >= 15 is 0 Å². The number of nitrogens with zero attached hydrogens (tertiary/aromatic N) is 4. The van der Waals surface area contributed by atoms with E-state index in [-0.39, 0.29) is 18.7 Å². The number of anilines is 1. The van der Waals surface area contributed by atoms with E-state index in [0.717, 1.165) is 26.4 Å². The van der Waals surface area contributed by atoms with Gasteiger partial charge in [-0.3, -0.25) is 9.10 Å². The van der Waals surface area contributed by atoms with Crippen molar-refractivity contribution in [2.24, 2.45) is 0 Å². The van der Waals surface area contributed by atoms with Crippen molar-refractivity contribution in [2.75, 3.05) is 10.6 Å². The minimum Gasteiger partial charge on any atom is -0.480 e. The number of sulfonamides is 1. The molecule has 1 atom stereocenters. The van der Waals surface area contributed by atoms with Crippen LogP contribution >= 0.6 is 0 Å². The zero-order chi connectivity index (χ0) is 26.7. The highest BCUT2D eigenvalue weighted by Gasteiger charge is 2.33. The molecular formula is C27H28N4O5S. The molecule has 0 amide bonds. The van der Waals surface area contributed by atoms with Crippen LogP contribution in [0.25, 0.3) is 22.0 Å². The van der Waals surface area contributed by atoms with E-state index in [0.29, 0.717) is 16.8 Å². The Morgan fingerprint density at radius 3 is 2.14 bits per heavy atom. The summed E-state index contributed by atoms with van der Waals surface area (Å²) in [6.45, 7) is 4.11. The van der Waals surface area contributed by atoms with Gasteiger partial charge in [-0.1, -0.05) is 67.6 Å². The van der Waals surface area contributed by atoms with Gasteiger partial charge in [-0.15, -0.1) is 5.10 Å². The Kier molecular flexibility index (Phi) is 7.40. The number of hydrogen-bond donors (Lipinski definition) is 1. The van der Waals surface area contributed by atoms with E-state index in [2.05, 4.69) is 36.3 Å². The van der Waals surface area contributed by atoms with Gasteiger partial charge in [0, 0.05) is 6.54 Å². The summed E-state index contributed by atoms with van der Waals surface area (Å²) in [5.74, 6) is -0.926. The summed E-state index contributed by atoms with van der Waals surface area (Å²) >= 11 is 0. The number of carbonyl (C=O) groups is 1. The number of aliphatic carboxylic acids is 1. The number of carboxylic acid groups (broad SMARTS) is 1. The molecule has 0 bridgehead atoms. The monoisotopic (exact) mass is 520 g/mol. The van der Waals surface area contributed by atoms with Crippen LogP contribution in [0.3, 0.4) is 0 Å². The number of fused-ring (bicyclic) bond motifs is 1. The van der Waals surface area contributed by atoms with Crippen LogP contribution in [0, 0.1) is 0 Å². The number of rotatable bonds is 9. The number of aromatic nitrogens is 3. The molecule has 4 rings (SSSR count). The van der Waals surface area contributed by atoms with Gasteiger partial charge in [0.25, 0.3) is 5.56 Å². The van der Waals surface area contributed by atoms with Crippen LogP contribution in [0.5, 0.6) is 0 Å². The third-order valence-corrected chi connectivity index (χ3v) is 7.38. The smallest absolute Gasteiger partial charge is 0.327 e. The zero-order valence-corrected chi connectivity index (χ0v) is 21.6. The number of hydrogen-bond acceptors (Lipinski definition) is 6. The van der Waals surface area contributed by atoms with E-state index in [1.807, 2.05) is 12.1 Å². The van der Waals surface area contributed by atoms with Crippen LogP contribution in [-0.4, -0.2) is 46.8 Å². The molecule has 37 heavy (non-hydrogen) atoms. The maximum Gasteiger partial charge on any atom is 0.327 e. The molecule has 4 aromatic rings. The highest BCUT2D eigenvalue weighted by atomic mass is 32.2. The van der Waals surface area contributed by atoms with Crippen LogP contribution < -0.4 is 9.86 Å². The SMILES string of the molecule is CC(C)c1ccc(-c2ccc(N(C(CCn3nnc4ccccc4c3=O)C(=O)O)S(C)(=O)=O)cc2)cc1. The molecule has 10 heteroatoms. The topological polar surface area (TPSA) is 122 Å². The molecule has 0 saturated carbocycles. The number of aryl methyl sites for hydroxylation is 1. The quantitative estimate of drug-likeness (QED) is 0.355. The van der Waals surface area contributed by atoms with E-state index in [4.69, 9.17) is 0 Å². The summed E-state index contributed by atoms with van der Waals surface area (Å²) in [5.41, 5.74) is 3.27. The molecule has 0 aliphatic rings. The van der Waals surface area contributed by atoms with Crippen LogP contribution in [0.15, 0.2) is 77.6 Å². The van der Waals surface area contributed by atoms with Crippen LogP contribution in [0.1, 0.15) is 31.7 Å². The second-order valence-corrected chi connectivity index (χ2v) is 11.0. The van der Waals surface area contributed by atoms with Crippen LogP contribution in [0.2, 0.25) is 0 Å². The summed E-state index contributed by atoms with van der Waals surface area (Å²) in [7, 11) is -3.97. The molecule has 192 valence electrons. The Hall–Kier alpha value is -4.05. The lowest BCUT2D eigenvalue weighted by molar-refractivity contribution is -0.138. The first-order valence-electron chi connectivity index (χ1n) is 11.8. The molecule has 0 spiro atoms. The molecule has 0 aliphatic carbocycles. The highest BCUT2D eigenvalue weighted by molar-refractivity contribution is 7.92. The Bertz CT molecular complexity index is 1580. The van der Waals surface area contributed by atoms with Crippen molar-refractivity contribution >= 4 is 32.6 Å². The fourth-order valence-electron chi connectivity index (χ4n) is 4.22. The molecular weight excluding hydrogens is 492 g/mol. The van der Waals surface area contributed by atoms with Gasteiger partial charge in [-0.2, -0.15) is 0 Å². The lowest BCUT2D eigenvalue weighted by Gasteiger charge is -2.29. The molecule has 1 aromatic heterocycles. The predicted molar refractivity (Wildman–Crippen MR) is 143 cm³/mol. The van der Waals surface area contributed by atoms with Crippen molar-refractivity contribution in [2.45, 2.75) is 38.8 Å². The minimum atomic E-state index is -3.97. The molecule has 1 N–H and O–H groups in total. The molecule has 0 fully saturated rings. The Morgan fingerprint density at radius 2 is 1.57 bits per heavy atom. The Balaban J connectivity index is 1.62. The van der Waals surface area contributed by atoms with Crippen molar-refractivity contribution < 1.29 is 18.3 Å². The normalized spacial score (nSPS) is 12.5. The Morgan fingerprint density at radius 1 is 0.973 bits per heavy atom. The lowest BCUT2D eigenvalue weighted by atomic mass is 9.99. The first-order chi connectivity index (χ1) is 17.6. The van der Waals surface area contributed by atoms with Gasteiger partial charge >= 0.3 is 5.97 Å². The fraction of sp³-hybridized carbons (Fsp3) is 0.259. The summed E-state index contributed by atoms with van der Waals surface area (Å²) in [6, 6.07) is 20.0. The number of benzene rings is 3. The van der Waals surface area contributed by atoms with Crippen molar-refractivity contribution in [1.82, 2.24) is 15.0 Å².